The van der Waals surface area contributed by atoms with Gasteiger partial charge in [-0.25, -0.2) is 9.97 Å². The number of allylic oxidation sites excluding steroid dienone is 4. The minimum absolute atomic E-state index is 0.735. The molecule has 0 bridgehead atoms. The van der Waals surface area contributed by atoms with Crippen LogP contribution in [0.25, 0.3) is 55.7 Å². The standard InChI is InChI=1S/C37H27N3/c1-2-9-26(10-3-1)27-18-20-29(21-19-27)35-24-36(31-14-6-13-30(23-31)32-15-8-22-38-25-32)40-37(39-35)34-17-7-12-28-11-4-5-16-33(28)34/h1-5,7-12,14-25H,6,13H2. The summed E-state index contributed by atoms with van der Waals surface area (Å²) in [5.74, 6) is 0.735. The topological polar surface area (TPSA) is 38.7 Å². The number of fused-ring (bicyclic) bond motifs is 1. The van der Waals surface area contributed by atoms with E-state index < -0.39 is 0 Å². The molecule has 1 aliphatic rings. The second-order valence-corrected chi connectivity index (χ2v) is 10.0. The largest absolute Gasteiger partial charge is 0.264 e. The Morgan fingerprint density at radius 2 is 1.30 bits per heavy atom. The van der Waals surface area contributed by atoms with Crippen LogP contribution >= 0.6 is 0 Å². The number of rotatable bonds is 5. The van der Waals surface area contributed by atoms with Crippen molar-refractivity contribution in [1.82, 2.24) is 15.0 Å². The van der Waals surface area contributed by atoms with E-state index in [1.165, 1.54) is 22.1 Å². The van der Waals surface area contributed by atoms with Crippen LogP contribution in [0, 0.1) is 0 Å². The Morgan fingerprint density at radius 3 is 2.15 bits per heavy atom. The van der Waals surface area contributed by atoms with Gasteiger partial charge in [-0.3, -0.25) is 4.98 Å². The highest BCUT2D eigenvalue weighted by Gasteiger charge is 2.16. The molecule has 2 aromatic heterocycles. The van der Waals surface area contributed by atoms with Gasteiger partial charge in [0.25, 0.3) is 0 Å². The molecule has 0 saturated carbocycles. The maximum Gasteiger partial charge on any atom is 0.161 e. The molecule has 0 unspecified atom stereocenters. The average Bonchev–Trinajstić information content (AvgIpc) is 3.05. The van der Waals surface area contributed by atoms with Crippen LogP contribution in [-0.4, -0.2) is 15.0 Å². The summed E-state index contributed by atoms with van der Waals surface area (Å²) in [6.45, 7) is 0. The minimum atomic E-state index is 0.735. The molecule has 40 heavy (non-hydrogen) atoms. The first-order valence-electron chi connectivity index (χ1n) is 13.7. The smallest absolute Gasteiger partial charge is 0.161 e. The van der Waals surface area contributed by atoms with Gasteiger partial charge in [0, 0.05) is 23.5 Å². The summed E-state index contributed by atoms with van der Waals surface area (Å²) in [5.41, 5.74) is 9.90. The molecule has 7 rings (SSSR count). The molecular weight excluding hydrogens is 486 g/mol. The number of nitrogens with zero attached hydrogens (tertiary/aromatic N) is 3. The first-order chi connectivity index (χ1) is 19.8. The lowest BCUT2D eigenvalue weighted by Gasteiger charge is -2.16. The van der Waals surface area contributed by atoms with Crippen molar-refractivity contribution in [3.63, 3.8) is 0 Å². The molecule has 0 saturated heterocycles. The zero-order valence-electron chi connectivity index (χ0n) is 22.0. The molecule has 2 heterocycles. The van der Waals surface area contributed by atoms with E-state index in [-0.39, 0.29) is 0 Å². The molecule has 1 aliphatic carbocycles. The van der Waals surface area contributed by atoms with Gasteiger partial charge in [-0.2, -0.15) is 0 Å². The molecule has 0 amide bonds. The van der Waals surface area contributed by atoms with Gasteiger partial charge in [-0.05, 0) is 69.7 Å². The predicted octanol–water partition coefficient (Wildman–Crippen LogP) is 9.29. The molecule has 0 atom stereocenters. The van der Waals surface area contributed by atoms with E-state index in [2.05, 4.69) is 120 Å². The van der Waals surface area contributed by atoms with E-state index in [4.69, 9.17) is 9.97 Å². The summed E-state index contributed by atoms with van der Waals surface area (Å²) in [4.78, 5) is 14.6. The van der Waals surface area contributed by atoms with Crippen LogP contribution < -0.4 is 0 Å². The van der Waals surface area contributed by atoms with Gasteiger partial charge < -0.3 is 0 Å². The van der Waals surface area contributed by atoms with Gasteiger partial charge in [-0.15, -0.1) is 0 Å². The maximum atomic E-state index is 5.16. The van der Waals surface area contributed by atoms with E-state index in [0.29, 0.717) is 0 Å². The van der Waals surface area contributed by atoms with Crippen LogP contribution in [0.2, 0.25) is 0 Å². The third-order valence-corrected chi connectivity index (χ3v) is 7.48. The van der Waals surface area contributed by atoms with E-state index >= 15 is 0 Å². The first kappa shape index (κ1) is 23.9. The molecule has 0 spiro atoms. The Balaban J connectivity index is 1.37. The van der Waals surface area contributed by atoms with E-state index in [0.717, 1.165) is 57.7 Å². The average molecular weight is 514 g/mol. The van der Waals surface area contributed by atoms with Gasteiger partial charge >= 0.3 is 0 Å². The van der Waals surface area contributed by atoms with E-state index in [9.17, 15) is 0 Å². The quantitative estimate of drug-likeness (QED) is 0.231. The molecule has 3 heteroatoms. The van der Waals surface area contributed by atoms with Crippen molar-refractivity contribution in [2.24, 2.45) is 0 Å². The highest BCUT2D eigenvalue weighted by atomic mass is 14.9. The Hall–Kier alpha value is -5.15. The van der Waals surface area contributed by atoms with Crippen molar-refractivity contribution >= 4 is 21.9 Å². The fourth-order valence-electron chi connectivity index (χ4n) is 5.41. The highest BCUT2D eigenvalue weighted by Crippen LogP contribution is 2.34. The monoisotopic (exact) mass is 513 g/mol. The molecule has 3 nitrogen and oxygen atoms in total. The lowest BCUT2D eigenvalue weighted by Crippen LogP contribution is -2.00. The number of aromatic nitrogens is 3. The summed E-state index contributed by atoms with van der Waals surface area (Å²) >= 11 is 0. The molecule has 190 valence electrons. The van der Waals surface area contributed by atoms with Crippen LogP contribution in [0.15, 0.2) is 140 Å². The van der Waals surface area contributed by atoms with Crippen molar-refractivity contribution in [3.8, 4) is 33.8 Å². The predicted molar refractivity (Wildman–Crippen MR) is 165 cm³/mol. The van der Waals surface area contributed by atoms with Crippen molar-refractivity contribution in [3.05, 3.63) is 151 Å². The van der Waals surface area contributed by atoms with Gasteiger partial charge in [0.1, 0.15) is 0 Å². The normalized spacial score (nSPS) is 13.1. The third-order valence-electron chi connectivity index (χ3n) is 7.48. The Kier molecular flexibility index (Phi) is 6.31. The number of hydrogen-bond acceptors (Lipinski definition) is 3. The van der Waals surface area contributed by atoms with Crippen molar-refractivity contribution in [2.45, 2.75) is 12.8 Å². The van der Waals surface area contributed by atoms with Crippen LogP contribution in [0.1, 0.15) is 24.1 Å². The fourth-order valence-corrected chi connectivity index (χ4v) is 5.41. The Bertz CT molecular complexity index is 1860. The molecule has 0 fully saturated rings. The van der Waals surface area contributed by atoms with Gasteiger partial charge in [0.15, 0.2) is 5.82 Å². The van der Waals surface area contributed by atoms with Crippen LogP contribution in [0.4, 0.5) is 0 Å². The SMILES string of the molecule is C1=C(c2cccnc2)CCC=C1c1cc(-c2ccc(-c3ccccc3)cc2)nc(-c2cccc3ccccc23)n1. The third kappa shape index (κ3) is 4.74. The molecule has 6 aromatic rings. The molecule has 0 aliphatic heterocycles. The highest BCUT2D eigenvalue weighted by molar-refractivity contribution is 5.96. The van der Waals surface area contributed by atoms with E-state index in [1.807, 2.05) is 24.5 Å². The minimum Gasteiger partial charge on any atom is -0.264 e. The van der Waals surface area contributed by atoms with Crippen molar-refractivity contribution in [1.29, 1.82) is 0 Å². The molecule has 0 radical (unpaired) electrons. The summed E-state index contributed by atoms with van der Waals surface area (Å²) in [6, 6.07) is 40.1. The van der Waals surface area contributed by atoms with Gasteiger partial charge in [0.2, 0.25) is 0 Å². The van der Waals surface area contributed by atoms with Gasteiger partial charge in [-0.1, -0.05) is 109 Å². The second kappa shape index (κ2) is 10.5. The first-order valence-corrected chi connectivity index (χ1v) is 13.7. The number of hydrogen-bond donors (Lipinski definition) is 0. The second-order valence-electron chi connectivity index (χ2n) is 10.0. The van der Waals surface area contributed by atoms with Crippen molar-refractivity contribution in [2.75, 3.05) is 0 Å². The molecular formula is C37H27N3. The number of benzene rings is 4. The summed E-state index contributed by atoms with van der Waals surface area (Å²) in [5, 5.41) is 2.33. The van der Waals surface area contributed by atoms with E-state index in [1.54, 1.807) is 0 Å². The Labute approximate surface area is 234 Å². The zero-order chi connectivity index (χ0) is 26.7. The van der Waals surface area contributed by atoms with Crippen LogP contribution in [0.5, 0.6) is 0 Å². The zero-order valence-corrected chi connectivity index (χ0v) is 22.0. The summed E-state index contributed by atoms with van der Waals surface area (Å²) in [6.07, 6.45) is 10.3. The number of pyridine rings is 1. The van der Waals surface area contributed by atoms with Crippen LogP contribution in [0.3, 0.4) is 0 Å². The summed E-state index contributed by atoms with van der Waals surface area (Å²) < 4.78 is 0. The van der Waals surface area contributed by atoms with Crippen molar-refractivity contribution < 1.29 is 0 Å². The maximum absolute atomic E-state index is 5.16. The molecule has 4 aromatic carbocycles. The van der Waals surface area contributed by atoms with Gasteiger partial charge in [0.05, 0.1) is 11.4 Å². The Morgan fingerprint density at radius 1 is 0.575 bits per heavy atom. The lowest BCUT2D eigenvalue weighted by atomic mass is 9.92. The molecule has 0 N–H and O–H groups in total. The fraction of sp³-hybridized carbons (Fsp3) is 0.0541. The van der Waals surface area contributed by atoms with Crippen LogP contribution in [-0.2, 0) is 0 Å². The lowest BCUT2D eigenvalue weighted by molar-refractivity contribution is 1.05. The summed E-state index contributed by atoms with van der Waals surface area (Å²) in [7, 11) is 0.